The fraction of sp³-hybridized carbons (Fsp3) is 0.474. The smallest absolute Gasteiger partial charge is 0.120 e. The Morgan fingerprint density at radius 3 is 2.43 bits per heavy atom. The van der Waals surface area contributed by atoms with Gasteiger partial charge in [0.05, 0.1) is 0 Å². The molecule has 4 heteroatoms. The summed E-state index contributed by atoms with van der Waals surface area (Å²) < 4.78 is 5.77. The molecule has 4 nitrogen and oxygen atoms in total. The fourth-order valence-electron chi connectivity index (χ4n) is 3.09. The zero-order valence-corrected chi connectivity index (χ0v) is 13.8. The molecule has 2 aromatic carbocycles. The predicted octanol–water partition coefficient (Wildman–Crippen LogP) is 2.22. The molecule has 2 aromatic rings. The average Bonchev–Trinajstić information content (AvgIpc) is 2.60. The van der Waals surface area contributed by atoms with Gasteiger partial charge in [-0.25, -0.2) is 0 Å². The van der Waals surface area contributed by atoms with Crippen molar-refractivity contribution >= 4 is 10.8 Å². The van der Waals surface area contributed by atoms with E-state index in [2.05, 4.69) is 34.9 Å². The van der Waals surface area contributed by atoms with E-state index in [1.807, 2.05) is 24.3 Å². The van der Waals surface area contributed by atoms with E-state index in [-0.39, 0.29) is 0 Å². The molecule has 0 aromatic heterocycles. The van der Waals surface area contributed by atoms with Gasteiger partial charge < -0.3 is 14.7 Å². The van der Waals surface area contributed by atoms with Crippen LogP contribution in [0.25, 0.3) is 10.8 Å². The van der Waals surface area contributed by atoms with E-state index in [9.17, 15) is 5.11 Å². The highest BCUT2D eigenvalue weighted by Crippen LogP contribution is 2.20. The van der Waals surface area contributed by atoms with Gasteiger partial charge in [0.2, 0.25) is 0 Å². The molecule has 1 aliphatic heterocycles. The van der Waals surface area contributed by atoms with E-state index in [4.69, 9.17) is 4.74 Å². The Hall–Kier alpha value is -1.62. The van der Waals surface area contributed by atoms with E-state index in [1.54, 1.807) is 0 Å². The van der Waals surface area contributed by atoms with Crippen LogP contribution in [-0.2, 0) is 0 Å². The van der Waals surface area contributed by atoms with Crippen molar-refractivity contribution in [2.45, 2.75) is 13.0 Å². The van der Waals surface area contributed by atoms with Crippen LogP contribution in [0.1, 0.15) is 6.92 Å². The van der Waals surface area contributed by atoms with Crippen LogP contribution in [0, 0.1) is 0 Å². The van der Waals surface area contributed by atoms with Crippen molar-refractivity contribution in [2.75, 3.05) is 45.9 Å². The molecule has 1 N–H and O–H groups in total. The van der Waals surface area contributed by atoms with Crippen LogP contribution < -0.4 is 4.74 Å². The Kier molecular flexibility index (Phi) is 5.49. The van der Waals surface area contributed by atoms with Gasteiger partial charge in [-0.15, -0.1) is 0 Å². The van der Waals surface area contributed by atoms with Gasteiger partial charge in [0.15, 0.2) is 0 Å². The molecule has 1 atom stereocenters. The second kappa shape index (κ2) is 7.77. The number of benzene rings is 2. The highest BCUT2D eigenvalue weighted by Gasteiger charge is 2.18. The number of hydrogen-bond acceptors (Lipinski definition) is 4. The lowest BCUT2D eigenvalue weighted by atomic mass is 10.1. The lowest BCUT2D eigenvalue weighted by Crippen LogP contribution is -2.49. The summed E-state index contributed by atoms with van der Waals surface area (Å²) in [5.74, 6) is 0.818. The number of β-amino-alcohol motifs (C(OH)–C–C–N with tert-alkyl or cyclic N) is 1. The highest BCUT2D eigenvalue weighted by atomic mass is 16.5. The van der Waals surface area contributed by atoms with E-state index < -0.39 is 6.10 Å². The Labute approximate surface area is 138 Å². The molecule has 1 saturated heterocycles. The van der Waals surface area contributed by atoms with Crippen molar-refractivity contribution in [3.8, 4) is 5.75 Å². The third kappa shape index (κ3) is 4.44. The predicted molar refractivity (Wildman–Crippen MR) is 94.0 cm³/mol. The van der Waals surface area contributed by atoms with Crippen LogP contribution >= 0.6 is 0 Å². The molecule has 3 rings (SSSR count). The lowest BCUT2D eigenvalue weighted by molar-refractivity contribution is 0.0471. The van der Waals surface area contributed by atoms with Crippen molar-refractivity contribution < 1.29 is 9.84 Å². The van der Waals surface area contributed by atoms with E-state index in [0.29, 0.717) is 13.2 Å². The van der Waals surface area contributed by atoms with Gasteiger partial charge in [-0.05, 0) is 29.4 Å². The van der Waals surface area contributed by atoms with Gasteiger partial charge in [-0.2, -0.15) is 0 Å². The van der Waals surface area contributed by atoms with Crippen LogP contribution in [0.4, 0.5) is 0 Å². The van der Waals surface area contributed by atoms with Crippen molar-refractivity contribution in [3.05, 3.63) is 42.5 Å². The van der Waals surface area contributed by atoms with Crippen LogP contribution in [-0.4, -0.2) is 66.9 Å². The summed E-state index contributed by atoms with van der Waals surface area (Å²) in [6, 6.07) is 14.3. The first-order valence-corrected chi connectivity index (χ1v) is 8.49. The molecule has 1 heterocycles. The van der Waals surface area contributed by atoms with Gasteiger partial charge in [-0.1, -0.05) is 37.3 Å². The molecule has 0 spiro atoms. The minimum Gasteiger partial charge on any atom is -0.491 e. The standard InChI is InChI=1S/C19H26N2O2/c1-2-20-9-11-21(12-10-20)14-18(22)15-23-19-8-7-16-5-3-4-6-17(16)13-19/h3-8,13,18,22H,2,9-12,14-15H2,1H3/t18-/m0/s1. The molecular formula is C19H26N2O2. The largest absolute Gasteiger partial charge is 0.491 e. The van der Waals surface area contributed by atoms with Gasteiger partial charge >= 0.3 is 0 Å². The quantitative estimate of drug-likeness (QED) is 0.887. The van der Waals surface area contributed by atoms with Crippen LogP contribution in [0.5, 0.6) is 5.75 Å². The van der Waals surface area contributed by atoms with Crippen LogP contribution in [0.15, 0.2) is 42.5 Å². The number of hydrogen-bond donors (Lipinski definition) is 1. The molecule has 0 bridgehead atoms. The van der Waals surface area contributed by atoms with Crippen molar-refractivity contribution in [2.24, 2.45) is 0 Å². The Morgan fingerprint density at radius 1 is 1.00 bits per heavy atom. The number of piperazine rings is 1. The maximum Gasteiger partial charge on any atom is 0.120 e. The Bertz CT molecular complexity index is 624. The lowest BCUT2D eigenvalue weighted by Gasteiger charge is -2.34. The number of likely N-dealkylation sites (N-methyl/N-ethyl adjacent to an activating group) is 1. The summed E-state index contributed by atoms with van der Waals surface area (Å²) in [4.78, 5) is 4.76. The molecule has 23 heavy (non-hydrogen) atoms. The summed E-state index contributed by atoms with van der Waals surface area (Å²) >= 11 is 0. The number of aliphatic hydroxyl groups excluding tert-OH is 1. The summed E-state index contributed by atoms with van der Waals surface area (Å²) in [5.41, 5.74) is 0. The molecular weight excluding hydrogens is 288 g/mol. The number of aliphatic hydroxyl groups is 1. The van der Waals surface area contributed by atoms with Gasteiger partial charge in [0.25, 0.3) is 0 Å². The van der Waals surface area contributed by atoms with Crippen LogP contribution in [0.2, 0.25) is 0 Å². The van der Waals surface area contributed by atoms with E-state index in [1.165, 1.54) is 5.39 Å². The topological polar surface area (TPSA) is 35.9 Å². The van der Waals surface area contributed by atoms with Crippen molar-refractivity contribution in [1.29, 1.82) is 0 Å². The normalized spacial score (nSPS) is 18.2. The van der Waals surface area contributed by atoms with Gasteiger partial charge in [-0.3, -0.25) is 4.90 Å². The maximum absolute atomic E-state index is 10.2. The Balaban J connectivity index is 1.47. The minimum atomic E-state index is -0.449. The summed E-state index contributed by atoms with van der Waals surface area (Å²) in [7, 11) is 0. The number of fused-ring (bicyclic) bond motifs is 1. The molecule has 0 radical (unpaired) electrons. The fourth-order valence-corrected chi connectivity index (χ4v) is 3.09. The number of nitrogens with zero attached hydrogens (tertiary/aromatic N) is 2. The van der Waals surface area contributed by atoms with Gasteiger partial charge in [0.1, 0.15) is 18.5 Å². The summed E-state index contributed by atoms with van der Waals surface area (Å²) in [5, 5.41) is 12.6. The maximum atomic E-state index is 10.2. The second-order valence-electron chi connectivity index (χ2n) is 6.21. The van der Waals surface area contributed by atoms with E-state index >= 15 is 0 Å². The number of rotatable bonds is 6. The molecule has 0 aliphatic carbocycles. The van der Waals surface area contributed by atoms with Crippen molar-refractivity contribution in [1.82, 2.24) is 9.80 Å². The molecule has 0 saturated carbocycles. The average molecular weight is 314 g/mol. The SMILES string of the molecule is CCN1CCN(C[C@H](O)COc2ccc3ccccc3c2)CC1. The molecule has 0 unspecified atom stereocenters. The first-order chi connectivity index (χ1) is 11.2. The number of ether oxygens (including phenoxy) is 1. The van der Waals surface area contributed by atoms with Gasteiger partial charge in [0, 0.05) is 32.7 Å². The van der Waals surface area contributed by atoms with Crippen molar-refractivity contribution in [3.63, 3.8) is 0 Å². The van der Waals surface area contributed by atoms with E-state index in [0.717, 1.165) is 43.9 Å². The zero-order chi connectivity index (χ0) is 16.1. The molecule has 0 amide bonds. The molecule has 124 valence electrons. The minimum absolute atomic E-state index is 0.340. The third-order valence-corrected chi connectivity index (χ3v) is 4.54. The van der Waals surface area contributed by atoms with Crippen LogP contribution in [0.3, 0.4) is 0 Å². The zero-order valence-electron chi connectivity index (χ0n) is 13.8. The second-order valence-corrected chi connectivity index (χ2v) is 6.21. The summed E-state index contributed by atoms with van der Waals surface area (Å²) in [6.45, 7) is 8.58. The molecule has 1 fully saturated rings. The molecule has 1 aliphatic rings. The third-order valence-electron chi connectivity index (χ3n) is 4.54. The summed E-state index contributed by atoms with van der Waals surface area (Å²) in [6.07, 6.45) is -0.449. The first-order valence-electron chi connectivity index (χ1n) is 8.49. The first kappa shape index (κ1) is 16.2. The monoisotopic (exact) mass is 314 g/mol. The Morgan fingerprint density at radius 2 is 1.70 bits per heavy atom. The highest BCUT2D eigenvalue weighted by molar-refractivity contribution is 5.83.